The second kappa shape index (κ2) is 4.13. The van der Waals surface area contributed by atoms with E-state index in [4.69, 9.17) is 17.0 Å². The number of rotatable bonds is 3. The molecule has 0 aliphatic carbocycles. The molecule has 0 atom stereocenters. The lowest BCUT2D eigenvalue weighted by Crippen LogP contribution is -1.81. The van der Waals surface area contributed by atoms with Crippen molar-refractivity contribution in [3.05, 3.63) is 0 Å². The second-order valence-corrected chi connectivity index (χ2v) is 1.96. The monoisotopic (exact) mass is 119 g/mol. The Morgan fingerprint density at radius 2 is 2.29 bits per heavy atom. The van der Waals surface area contributed by atoms with Gasteiger partial charge in [0.1, 0.15) is 0 Å². The third-order valence-electron chi connectivity index (χ3n) is 0.750. The first-order chi connectivity index (χ1) is 3.27. The van der Waals surface area contributed by atoms with Crippen LogP contribution in [0.15, 0.2) is 0 Å². The molecule has 0 spiro atoms. The lowest BCUT2D eigenvalue weighted by Gasteiger charge is -1.87. The standard InChI is InChI=1S/C5H10ClN/c1-2-3-4-5(6)7/h7H,2-4H2,1H3. The lowest BCUT2D eigenvalue weighted by atomic mass is 10.3. The van der Waals surface area contributed by atoms with E-state index in [1.165, 1.54) is 0 Å². The highest BCUT2D eigenvalue weighted by molar-refractivity contribution is 6.64. The summed E-state index contributed by atoms with van der Waals surface area (Å²) in [5.74, 6) is 0. The SMILES string of the molecule is CCCCC(=N)Cl. The molecule has 0 aromatic heterocycles. The predicted molar refractivity (Wildman–Crippen MR) is 33.1 cm³/mol. The van der Waals surface area contributed by atoms with E-state index >= 15 is 0 Å². The van der Waals surface area contributed by atoms with Crippen LogP contribution in [0.3, 0.4) is 0 Å². The molecule has 0 unspecified atom stereocenters. The predicted octanol–water partition coefficient (Wildman–Crippen LogP) is 2.39. The van der Waals surface area contributed by atoms with Crippen molar-refractivity contribution in [3.8, 4) is 0 Å². The first-order valence-electron chi connectivity index (χ1n) is 2.50. The topological polar surface area (TPSA) is 23.9 Å². The Balaban J connectivity index is 2.82. The van der Waals surface area contributed by atoms with Crippen LogP contribution >= 0.6 is 11.6 Å². The molecule has 7 heavy (non-hydrogen) atoms. The highest BCUT2D eigenvalue weighted by atomic mass is 35.5. The highest BCUT2D eigenvalue weighted by Crippen LogP contribution is 1.96. The summed E-state index contributed by atoms with van der Waals surface area (Å²) in [6, 6.07) is 0. The summed E-state index contributed by atoms with van der Waals surface area (Å²) in [5.41, 5.74) is 0. The maximum Gasteiger partial charge on any atom is 0.0968 e. The van der Waals surface area contributed by atoms with Crippen LogP contribution in [0.25, 0.3) is 0 Å². The Hall–Kier alpha value is -0.0400. The first kappa shape index (κ1) is 6.96. The molecule has 0 aliphatic heterocycles. The Morgan fingerprint density at radius 1 is 1.71 bits per heavy atom. The van der Waals surface area contributed by atoms with Crippen LogP contribution in [0.1, 0.15) is 26.2 Å². The molecule has 0 amide bonds. The molecular weight excluding hydrogens is 110 g/mol. The fourth-order valence-electron chi connectivity index (χ4n) is 0.332. The number of hydrogen-bond acceptors (Lipinski definition) is 1. The molecule has 0 bridgehead atoms. The van der Waals surface area contributed by atoms with Crippen molar-refractivity contribution in [1.29, 1.82) is 5.41 Å². The van der Waals surface area contributed by atoms with Crippen molar-refractivity contribution in [1.82, 2.24) is 0 Å². The van der Waals surface area contributed by atoms with Gasteiger partial charge in [0.15, 0.2) is 0 Å². The molecule has 0 heterocycles. The number of halogens is 1. The summed E-state index contributed by atoms with van der Waals surface area (Å²) >= 11 is 5.24. The molecule has 0 aromatic carbocycles. The van der Waals surface area contributed by atoms with E-state index in [9.17, 15) is 0 Å². The quantitative estimate of drug-likeness (QED) is 0.552. The Bertz CT molecular complexity index is 61.1. The van der Waals surface area contributed by atoms with Crippen molar-refractivity contribution < 1.29 is 0 Å². The third kappa shape index (κ3) is 5.96. The minimum Gasteiger partial charge on any atom is -0.293 e. The van der Waals surface area contributed by atoms with Gasteiger partial charge in [0.25, 0.3) is 0 Å². The van der Waals surface area contributed by atoms with Gasteiger partial charge in [-0.15, -0.1) is 0 Å². The Kier molecular flexibility index (Phi) is 4.10. The van der Waals surface area contributed by atoms with Gasteiger partial charge in [0, 0.05) is 0 Å². The smallest absolute Gasteiger partial charge is 0.0968 e. The van der Waals surface area contributed by atoms with Crippen LogP contribution in [-0.2, 0) is 0 Å². The minimum atomic E-state index is 0.279. The molecule has 0 rings (SSSR count). The summed E-state index contributed by atoms with van der Waals surface area (Å²) < 4.78 is 0. The highest BCUT2D eigenvalue weighted by Gasteiger charge is 1.85. The zero-order valence-electron chi connectivity index (χ0n) is 4.50. The molecule has 1 N–H and O–H groups in total. The summed E-state index contributed by atoms with van der Waals surface area (Å²) in [4.78, 5) is 0. The molecule has 0 aromatic rings. The zero-order chi connectivity index (χ0) is 5.70. The summed E-state index contributed by atoms with van der Waals surface area (Å²) in [5, 5.41) is 7.04. The van der Waals surface area contributed by atoms with Gasteiger partial charge >= 0.3 is 0 Å². The molecule has 2 heteroatoms. The largest absolute Gasteiger partial charge is 0.293 e. The van der Waals surface area contributed by atoms with Gasteiger partial charge in [-0.25, -0.2) is 0 Å². The van der Waals surface area contributed by atoms with Gasteiger partial charge in [0.05, 0.1) is 5.17 Å². The van der Waals surface area contributed by atoms with Crippen molar-refractivity contribution in [2.75, 3.05) is 0 Å². The van der Waals surface area contributed by atoms with E-state index in [0.29, 0.717) is 0 Å². The lowest BCUT2D eigenvalue weighted by molar-refractivity contribution is 0.838. The van der Waals surface area contributed by atoms with E-state index in [-0.39, 0.29) is 5.17 Å². The van der Waals surface area contributed by atoms with Gasteiger partial charge in [0.2, 0.25) is 0 Å². The second-order valence-electron chi connectivity index (χ2n) is 1.51. The maximum atomic E-state index is 6.76. The van der Waals surface area contributed by atoms with E-state index in [2.05, 4.69) is 6.92 Å². The summed E-state index contributed by atoms with van der Waals surface area (Å²) in [6.07, 6.45) is 2.91. The maximum absolute atomic E-state index is 6.76. The van der Waals surface area contributed by atoms with Gasteiger partial charge in [-0.3, -0.25) is 5.41 Å². The van der Waals surface area contributed by atoms with Gasteiger partial charge in [-0.1, -0.05) is 24.9 Å². The van der Waals surface area contributed by atoms with Crippen LogP contribution in [-0.4, -0.2) is 5.17 Å². The molecular formula is C5H10ClN. The van der Waals surface area contributed by atoms with Crippen molar-refractivity contribution in [2.24, 2.45) is 0 Å². The first-order valence-corrected chi connectivity index (χ1v) is 2.88. The summed E-state index contributed by atoms with van der Waals surface area (Å²) in [7, 11) is 0. The number of hydrogen-bond donors (Lipinski definition) is 1. The van der Waals surface area contributed by atoms with Crippen molar-refractivity contribution in [3.63, 3.8) is 0 Å². The summed E-state index contributed by atoms with van der Waals surface area (Å²) in [6.45, 7) is 2.08. The van der Waals surface area contributed by atoms with Crippen LogP contribution in [0.4, 0.5) is 0 Å². The van der Waals surface area contributed by atoms with Gasteiger partial charge in [-0.05, 0) is 12.8 Å². The van der Waals surface area contributed by atoms with E-state index in [1.54, 1.807) is 0 Å². The fraction of sp³-hybridized carbons (Fsp3) is 0.800. The minimum absolute atomic E-state index is 0.279. The van der Waals surface area contributed by atoms with Crippen LogP contribution in [0.2, 0.25) is 0 Å². The third-order valence-corrected chi connectivity index (χ3v) is 0.939. The number of nitrogens with one attached hydrogen (secondary N) is 1. The molecule has 1 nitrogen and oxygen atoms in total. The fourth-order valence-corrected chi connectivity index (χ4v) is 0.466. The van der Waals surface area contributed by atoms with Crippen molar-refractivity contribution in [2.45, 2.75) is 26.2 Å². The molecule has 0 radical (unpaired) electrons. The Morgan fingerprint density at radius 3 is 2.43 bits per heavy atom. The Labute approximate surface area is 49.2 Å². The average Bonchev–Trinajstić information content (AvgIpc) is 1.61. The van der Waals surface area contributed by atoms with E-state index < -0.39 is 0 Å². The molecule has 0 fully saturated rings. The van der Waals surface area contributed by atoms with Crippen LogP contribution in [0, 0.1) is 5.41 Å². The van der Waals surface area contributed by atoms with Gasteiger partial charge in [-0.2, -0.15) is 0 Å². The number of unbranched alkanes of at least 4 members (excludes halogenated alkanes) is 1. The van der Waals surface area contributed by atoms with Crippen molar-refractivity contribution >= 4 is 16.8 Å². The average molecular weight is 120 g/mol. The molecule has 0 saturated carbocycles. The molecule has 0 saturated heterocycles. The zero-order valence-corrected chi connectivity index (χ0v) is 5.26. The van der Waals surface area contributed by atoms with E-state index in [0.717, 1.165) is 19.3 Å². The van der Waals surface area contributed by atoms with Crippen LogP contribution < -0.4 is 0 Å². The molecule has 0 aliphatic rings. The molecule has 42 valence electrons. The van der Waals surface area contributed by atoms with Crippen LogP contribution in [0.5, 0.6) is 0 Å². The normalized spacial score (nSPS) is 8.86. The van der Waals surface area contributed by atoms with E-state index in [1.807, 2.05) is 0 Å². The van der Waals surface area contributed by atoms with Gasteiger partial charge < -0.3 is 0 Å².